The van der Waals surface area contributed by atoms with Gasteiger partial charge in [0.1, 0.15) is 0 Å². The minimum Gasteiger partial charge on any atom is -0.348 e. The molecular weight excluding hydrogens is 352 g/mol. The van der Waals surface area contributed by atoms with Crippen LogP contribution in [0.1, 0.15) is 73.6 Å². The summed E-state index contributed by atoms with van der Waals surface area (Å²) in [6.45, 7) is 6.39. The molecule has 0 radical (unpaired) electrons. The van der Waals surface area contributed by atoms with E-state index in [1.807, 2.05) is 26.8 Å². The first-order valence-electron chi connectivity index (χ1n) is 9.29. The van der Waals surface area contributed by atoms with Crippen LogP contribution in [-0.4, -0.2) is 28.6 Å². The molecule has 0 aliphatic heterocycles. The Bertz CT molecular complexity index is 753. The van der Waals surface area contributed by atoms with Crippen molar-refractivity contribution in [3.05, 3.63) is 23.0 Å². The highest BCUT2D eigenvalue weighted by Crippen LogP contribution is 2.28. The predicted octanol–water partition coefficient (Wildman–Crippen LogP) is 3.71. The van der Waals surface area contributed by atoms with Gasteiger partial charge in [0.2, 0.25) is 0 Å². The Kier molecular flexibility index (Phi) is 7.01. The number of nitrogens with two attached hydrogens (primary N) is 1. The summed E-state index contributed by atoms with van der Waals surface area (Å²) in [5, 5.41) is 7.85. The molecule has 1 aliphatic carbocycles. The van der Waals surface area contributed by atoms with Crippen LogP contribution >= 0.6 is 12.4 Å². The van der Waals surface area contributed by atoms with Crippen molar-refractivity contribution < 1.29 is 9.32 Å². The van der Waals surface area contributed by atoms with Crippen LogP contribution < -0.4 is 11.1 Å². The summed E-state index contributed by atoms with van der Waals surface area (Å²) in [6, 6.07) is 1.87. The number of fused-ring (bicyclic) bond motifs is 1. The Hall–Kier alpha value is -1.66. The van der Waals surface area contributed by atoms with Crippen LogP contribution in [0.2, 0.25) is 0 Å². The minimum atomic E-state index is -0.110. The number of rotatable bonds is 5. The zero-order chi connectivity index (χ0) is 18.0. The number of aryl methyl sites for hydroxylation is 1. The van der Waals surface area contributed by atoms with E-state index < -0.39 is 0 Å². The molecule has 0 aromatic carbocycles. The molecule has 0 bridgehead atoms. The fourth-order valence-electron chi connectivity index (χ4n) is 3.74. The van der Waals surface area contributed by atoms with Crippen LogP contribution in [0.15, 0.2) is 10.6 Å². The third kappa shape index (κ3) is 4.18. The van der Waals surface area contributed by atoms with E-state index in [1.165, 1.54) is 19.3 Å². The van der Waals surface area contributed by atoms with Crippen LogP contribution in [0.4, 0.5) is 0 Å². The number of pyridine rings is 1. The summed E-state index contributed by atoms with van der Waals surface area (Å²) in [7, 11) is 0. The number of hydrogen-bond acceptors (Lipinski definition) is 5. The second-order valence-electron chi connectivity index (χ2n) is 7.41. The molecule has 0 spiro atoms. The van der Waals surface area contributed by atoms with Gasteiger partial charge in [-0.25, -0.2) is 4.98 Å². The highest BCUT2D eigenvalue weighted by molar-refractivity contribution is 6.06. The van der Waals surface area contributed by atoms with E-state index in [0.29, 0.717) is 34.8 Å². The summed E-state index contributed by atoms with van der Waals surface area (Å²) in [6.07, 6.45) is 6.00. The van der Waals surface area contributed by atoms with Crippen molar-refractivity contribution >= 4 is 29.4 Å². The molecule has 0 saturated heterocycles. The summed E-state index contributed by atoms with van der Waals surface area (Å²) < 4.78 is 5.31. The monoisotopic (exact) mass is 380 g/mol. The first kappa shape index (κ1) is 20.6. The maximum absolute atomic E-state index is 13.0. The second kappa shape index (κ2) is 8.82. The van der Waals surface area contributed by atoms with Crippen molar-refractivity contribution in [2.24, 2.45) is 11.7 Å². The average Bonchev–Trinajstić information content (AvgIpc) is 3.00. The summed E-state index contributed by atoms with van der Waals surface area (Å²) in [4.78, 5) is 17.5. The van der Waals surface area contributed by atoms with E-state index in [2.05, 4.69) is 15.5 Å². The van der Waals surface area contributed by atoms with E-state index in [0.717, 1.165) is 18.5 Å². The van der Waals surface area contributed by atoms with Gasteiger partial charge in [-0.05, 0) is 37.7 Å². The van der Waals surface area contributed by atoms with Crippen molar-refractivity contribution in [2.75, 3.05) is 6.54 Å². The lowest BCUT2D eigenvalue weighted by molar-refractivity contribution is 0.0917. The molecule has 1 atom stereocenters. The second-order valence-corrected chi connectivity index (χ2v) is 7.41. The van der Waals surface area contributed by atoms with Gasteiger partial charge >= 0.3 is 0 Å². The number of hydrogen-bond donors (Lipinski definition) is 2. The fourth-order valence-corrected chi connectivity index (χ4v) is 3.74. The third-order valence-electron chi connectivity index (χ3n) is 5.26. The van der Waals surface area contributed by atoms with Crippen molar-refractivity contribution in [1.82, 2.24) is 15.5 Å². The lowest BCUT2D eigenvalue weighted by atomic mass is 9.83. The molecule has 1 saturated carbocycles. The predicted molar refractivity (Wildman–Crippen MR) is 105 cm³/mol. The Morgan fingerprint density at radius 2 is 2.04 bits per heavy atom. The highest BCUT2D eigenvalue weighted by Gasteiger charge is 2.26. The smallest absolute Gasteiger partial charge is 0.259 e. The Morgan fingerprint density at radius 3 is 2.65 bits per heavy atom. The van der Waals surface area contributed by atoms with Gasteiger partial charge in [0.15, 0.2) is 0 Å². The van der Waals surface area contributed by atoms with Crippen LogP contribution in [0.3, 0.4) is 0 Å². The Labute approximate surface area is 160 Å². The SMILES string of the molecule is Cc1noc2nc(C(C)C)cc(C(=O)NC(CN)C3CCCCC3)c12.Cl. The van der Waals surface area contributed by atoms with Crippen molar-refractivity contribution in [1.29, 1.82) is 0 Å². The zero-order valence-electron chi connectivity index (χ0n) is 15.7. The first-order valence-corrected chi connectivity index (χ1v) is 9.29. The molecule has 3 N–H and O–H groups in total. The molecule has 2 aromatic rings. The van der Waals surface area contributed by atoms with Crippen LogP contribution in [-0.2, 0) is 0 Å². The average molecular weight is 381 g/mol. The molecule has 1 amide bonds. The quantitative estimate of drug-likeness (QED) is 0.824. The van der Waals surface area contributed by atoms with Crippen LogP contribution in [0.5, 0.6) is 0 Å². The molecule has 144 valence electrons. The van der Waals surface area contributed by atoms with Crippen molar-refractivity contribution in [2.45, 2.75) is 64.8 Å². The van der Waals surface area contributed by atoms with Gasteiger partial charge in [-0.2, -0.15) is 0 Å². The number of nitrogens with one attached hydrogen (secondary N) is 1. The molecule has 1 fully saturated rings. The number of amides is 1. The summed E-state index contributed by atoms with van der Waals surface area (Å²) >= 11 is 0. The molecular formula is C19H29ClN4O2. The normalized spacial score (nSPS) is 16.5. The van der Waals surface area contributed by atoms with E-state index in [-0.39, 0.29) is 30.3 Å². The van der Waals surface area contributed by atoms with Gasteiger partial charge in [0.25, 0.3) is 11.6 Å². The molecule has 1 aliphatic rings. The van der Waals surface area contributed by atoms with E-state index in [1.54, 1.807) is 0 Å². The molecule has 26 heavy (non-hydrogen) atoms. The number of carbonyl (C=O) groups is 1. The zero-order valence-corrected chi connectivity index (χ0v) is 16.6. The number of nitrogens with zero attached hydrogens (tertiary/aromatic N) is 2. The Morgan fingerprint density at radius 1 is 1.35 bits per heavy atom. The highest BCUT2D eigenvalue weighted by atomic mass is 35.5. The van der Waals surface area contributed by atoms with Crippen LogP contribution in [0.25, 0.3) is 11.1 Å². The topological polar surface area (TPSA) is 94.0 Å². The number of carbonyl (C=O) groups excluding carboxylic acids is 1. The van der Waals surface area contributed by atoms with Crippen LogP contribution in [0, 0.1) is 12.8 Å². The van der Waals surface area contributed by atoms with Crippen molar-refractivity contribution in [3.63, 3.8) is 0 Å². The molecule has 1 unspecified atom stereocenters. The lowest BCUT2D eigenvalue weighted by Crippen LogP contribution is -2.46. The molecule has 2 aromatic heterocycles. The number of halogens is 1. The van der Waals surface area contributed by atoms with Gasteiger partial charge < -0.3 is 15.6 Å². The van der Waals surface area contributed by atoms with Gasteiger partial charge in [0, 0.05) is 18.3 Å². The lowest BCUT2D eigenvalue weighted by Gasteiger charge is -2.30. The maximum Gasteiger partial charge on any atom is 0.259 e. The summed E-state index contributed by atoms with van der Waals surface area (Å²) in [5.74, 6) is 0.555. The molecule has 6 nitrogen and oxygen atoms in total. The molecule has 3 rings (SSSR count). The summed E-state index contributed by atoms with van der Waals surface area (Å²) in [5.41, 5.74) is 8.50. The van der Waals surface area contributed by atoms with Gasteiger partial charge in [-0.1, -0.05) is 38.3 Å². The maximum atomic E-state index is 13.0. The van der Waals surface area contributed by atoms with E-state index >= 15 is 0 Å². The fraction of sp³-hybridized carbons (Fsp3) is 0.632. The van der Waals surface area contributed by atoms with Gasteiger partial charge in [0.05, 0.1) is 16.6 Å². The van der Waals surface area contributed by atoms with Gasteiger partial charge in [-0.3, -0.25) is 4.79 Å². The first-order chi connectivity index (χ1) is 12.0. The Balaban J connectivity index is 0.00000243. The third-order valence-corrected chi connectivity index (χ3v) is 5.26. The van der Waals surface area contributed by atoms with Crippen molar-refractivity contribution in [3.8, 4) is 0 Å². The molecule has 7 heteroatoms. The minimum absolute atomic E-state index is 0. The van der Waals surface area contributed by atoms with E-state index in [4.69, 9.17) is 10.3 Å². The van der Waals surface area contributed by atoms with Gasteiger partial charge in [-0.15, -0.1) is 12.4 Å². The standard InChI is InChI=1S/C19H28N4O2.ClH/c1-11(2)15-9-14(17-12(3)23-25-19(17)22-15)18(24)21-16(10-20)13-7-5-4-6-8-13;/h9,11,13,16H,4-8,10,20H2,1-3H3,(H,21,24);1H. The molecule has 2 heterocycles. The largest absolute Gasteiger partial charge is 0.348 e. The van der Waals surface area contributed by atoms with E-state index in [9.17, 15) is 4.79 Å². The number of aromatic nitrogens is 2.